The highest BCUT2D eigenvalue weighted by Gasteiger charge is 2.35. The van der Waals surface area contributed by atoms with Crippen LogP contribution in [0, 0.1) is 0 Å². The third-order valence-electron chi connectivity index (χ3n) is 6.04. The zero-order chi connectivity index (χ0) is 20.3. The van der Waals surface area contributed by atoms with E-state index in [1.54, 1.807) is 0 Å². The van der Waals surface area contributed by atoms with Gasteiger partial charge >= 0.3 is 0 Å². The summed E-state index contributed by atoms with van der Waals surface area (Å²) in [5, 5.41) is 0. The van der Waals surface area contributed by atoms with Gasteiger partial charge < -0.3 is 18.9 Å². The Morgan fingerprint density at radius 3 is 2.77 bits per heavy atom. The van der Waals surface area contributed by atoms with Crippen molar-refractivity contribution in [1.29, 1.82) is 0 Å². The number of likely N-dealkylation sites (tertiary alicyclic amines) is 1. The molecule has 0 N–H and O–H groups in total. The molecule has 2 unspecified atom stereocenters. The number of benzene rings is 2. The molecule has 5 rings (SSSR count). The zero-order valence-electron chi connectivity index (χ0n) is 17.1. The largest absolute Gasteiger partial charge is 0.492 e. The highest BCUT2D eigenvalue weighted by atomic mass is 16.5. The van der Waals surface area contributed by atoms with Gasteiger partial charge in [0.05, 0.1) is 23.7 Å². The van der Waals surface area contributed by atoms with Crippen LogP contribution in [0.4, 0.5) is 0 Å². The number of para-hydroxylation sites is 3. The normalized spacial score (nSPS) is 21.6. The quantitative estimate of drug-likeness (QED) is 0.603. The number of carbonyl (C=O) groups excluding carboxylic acids is 1. The van der Waals surface area contributed by atoms with Crippen LogP contribution in [0.2, 0.25) is 0 Å². The number of carbonyl (C=O) groups is 1. The van der Waals surface area contributed by atoms with Crippen LogP contribution in [-0.4, -0.2) is 52.8 Å². The number of fused-ring (bicyclic) bond motifs is 1. The summed E-state index contributed by atoms with van der Waals surface area (Å²) in [6.07, 6.45) is 2.83. The monoisotopic (exact) mass is 405 g/mol. The Kier molecular flexibility index (Phi) is 5.41. The number of nitrogens with zero attached hydrogens (tertiary/aromatic N) is 3. The summed E-state index contributed by atoms with van der Waals surface area (Å²) in [7, 11) is 0. The number of hydrogen-bond donors (Lipinski definition) is 0. The van der Waals surface area contributed by atoms with Gasteiger partial charge in [-0.1, -0.05) is 30.3 Å². The van der Waals surface area contributed by atoms with E-state index in [0.717, 1.165) is 42.1 Å². The van der Waals surface area contributed by atoms with Crippen molar-refractivity contribution in [3.63, 3.8) is 0 Å². The second-order valence-corrected chi connectivity index (χ2v) is 8.11. The van der Waals surface area contributed by atoms with Crippen molar-refractivity contribution >= 4 is 16.9 Å². The third kappa shape index (κ3) is 3.92. The summed E-state index contributed by atoms with van der Waals surface area (Å²) in [6, 6.07) is 18.0. The lowest BCUT2D eigenvalue weighted by molar-refractivity contribution is -0.129. The van der Waals surface area contributed by atoms with Crippen LogP contribution in [0.25, 0.3) is 11.0 Å². The number of imidazole rings is 1. The van der Waals surface area contributed by atoms with E-state index in [9.17, 15) is 4.79 Å². The Bertz CT molecular complexity index is 1010. The summed E-state index contributed by atoms with van der Waals surface area (Å²) in [6.45, 7) is 3.47. The van der Waals surface area contributed by atoms with Crippen molar-refractivity contribution in [2.24, 2.45) is 0 Å². The highest BCUT2D eigenvalue weighted by molar-refractivity contribution is 5.81. The topological polar surface area (TPSA) is 56.6 Å². The van der Waals surface area contributed by atoms with E-state index in [-0.39, 0.29) is 17.9 Å². The molecule has 30 heavy (non-hydrogen) atoms. The van der Waals surface area contributed by atoms with E-state index < -0.39 is 0 Å². The lowest BCUT2D eigenvalue weighted by atomic mass is 10.1. The average Bonchev–Trinajstić information content (AvgIpc) is 3.49. The average molecular weight is 405 g/mol. The molecule has 1 aromatic heterocycles. The van der Waals surface area contributed by atoms with Gasteiger partial charge in [0.25, 0.3) is 0 Å². The highest BCUT2D eigenvalue weighted by Crippen LogP contribution is 2.31. The maximum Gasteiger partial charge on any atom is 0.223 e. The Labute approximate surface area is 176 Å². The minimum absolute atomic E-state index is 0.100. The van der Waals surface area contributed by atoms with Gasteiger partial charge in [-0.25, -0.2) is 4.98 Å². The van der Waals surface area contributed by atoms with E-state index in [1.165, 1.54) is 0 Å². The van der Waals surface area contributed by atoms with E-state index in [2.05, 4.69) is 10.6 Å². The predicted octanol–water partition coefficient (Wildman–Crippen LogP) is 3.61. The zero-order valence-corrected chi connectivity index (χ0v) is 17.1. The molecule has 1 amide bonds. The number of aromatic nitrogens is 2. The van der Waals surface area contributed by atoms with Crippen molar-refractivity contribution in [2.75, 3.05) is 26.3 Å². The molecule has 0 spiro atoms. The van der Waals surface area contributed by atoms with Gasteiger partial charge in [0.15, 0.2) is 0 Å². The molecule has 2 aliphatic rings. The van der Waals surface area contributed by atoms with Crippen molar-refractivity contribution < 1.29 is 14.3 Å². The minimum Gasteiger partial charge on any atom is -0.492 e. The fourth-order valence-corrected chi connectivity index (χ4v) is 4.57. The Hall–Kier alpha value is -2.86. The molecule has 3 heterocycles. The lowest BCUT2D eigenvalue weighted by Gasteiger charge is -2.20. The van der Waals surface area contributed by atoms with Crippen LogP contribution in [0.3, 0.4) is 0 Å². The second-order valence-electron chi connectivity index (χ2n) is 8.11. The Morgan fingerprint density at radius 2 is 1.93 bits per heavy atom. The number of hydrogen-bond acceptors (Lipinski definition) is 4. The molecule has 156 valence electrons. The molecule has 6 heteroatoms. The molecule has 2 aliphatic heterocycles. The van der Waals surface area contributed by atoms with Gasteiger partial charge in [0.2, 0.25) is 5.91 Å². The van der Waals surface area contributed by atoms with E-state index in [0.29, 0.717) is 32.7 Å². The fourth-order valence-electron chi connectivity index (χ4n) is 4.57. The number of amides is 1. The van der Waals surface area contributed by atoms with Crippen molar-refractivity contribution in [3.05, 3.63) is 60.4 Å². The van der Waals surface area contributed by atoms with E-state index in [4.69, 9.17) is 14.5 Å². The molecule has 0 aliphatic carbocycles. The standard InChI is InChI=1S/C24H27N3O3/c28-23-15-18(16-26(23)17-20-9-6-13-29-20)24-25-21-10-4-5-11-22(21)27(24)12-14-30-19-7-2-1-3-8-19/h1-5,7-8,10-11,18,20H,6,9,12-17H2. The van der Waals surface area contributed by atoms with Gasteiger partial charge in [0, 0.05) is 32.0 Å². The molecule has 2 aromatic carbocycles. The first-order valence-corrected chi connectivity index (χ1v) is 10.8. The third-order valence-corrected chi connectivity index (χ3v) is 6.04. The van der Waals surface area contributed by atoms with Crippen molar-refractivity contribution in [3.8, 4) is 5.75 Å². The summed E-state index contributed by atoms with van der Waals surface area (Å²) < 4.78 is 13.9. The van der Waals surface area contributed by atoms with E-state index in [1.807, 2.05) is 53.4 Å². The summed E-state index contributed by atoms with van der Waals surface area (Å²) in [5.74, 6) is 2.15. The first-order chi connectivity index (χ1) is 14.8. The van der Waals surface area contributed by atoms with Crippen LogP contribution in [0.1, 0.15) is 31.0 Å². The first kappa shape index (κ1) is 19.1. The van der Waals surface area contributed by atoms with Crippen LogP contribution >= 0.6 is 0 Å². The van der Waals surface area contributed by atoms with Crippen LogP contribution < -0.4 is 4.74 Å². The van der Waals surface area contributed by atoms with Crippen LogP contribution in [0.5, 0.6) is 5.75 Å². The summed E-state index contributed by atoms with van der Waals surface area (Å²) >= 11 is 0. The molecule has 2 saturated heterocycles. The molecule has 2 atom stereocenters. The molecular weight excluding hydrogens is 378 g/mol. The lowest BCUT2D eigenvalue weighted by Crippen LogP contribution is -2.33. The van der Waals surface area contributed by atoms with Crippen molar-refractivity contribution in [1.82, 2.24) is 14.5 Å². The summed E-state index contributed by atoms with van der Waals surface area (Å²) in [4.78, 5) is 19.6. The smallest absolute Gasteiger partial charge is 0.223 e. The Morgan fingerprint density at radius 1 is 1.10 bits per heavy atom. The molecule has 0 radical (unpaired) electrons. The number of ether oxygens (including phenoxy) is 2. The maximum atomic E-state index is 12.7. The maximum absolute atomic E-state index is 12.7. The summed E-state index contributed by atoms with van der Waals surface area (Å²) in [5.41, 5.74) is 2.06. The molecule has 0 bridgehead atoms. The van der Waals surface area contributed by atoms with Gasteiger partial charge in [-0.3, -0.25) is 4.79 Å². The second kappa shape index (κ2) is 8.48. The van der Waals surface area contributed by atoms with Crippen molar-refractivity contribution in [2.45, 2.75) is 37.8 Å². The van der Waals surface area contributed by atoms with Gasteiger partial charge in [-0.2, -0.15) is 0 Å². The Balaban J connectivity index is 1.34. The molecular formula is C24H27N3O3. The molecule has 3 aromatic rings. The van der Waals surface area contributed by atoms with Gasteiger partial charge in [-0.15, -0.1) is 0 Å². The van der Waals surface area contributed by atoms with Crippen LogP contribution in [-0.2, 0) is 16.1 Å². The molecule has 2 fully saturated rings. The van der Waals surface area contributed by atoms with Gasteiger partial charge in [-0.05, 0) is 37.1 Å². The fraction of sp³-hybridized carbons (Fsp3) is 0.417. The number of rotatable bonds is 7. The van der Waals surface area contributed by atoms with E-state index >= 15 is 0 Å². The minimum atomic E-state index is 0.100. The first-order valence-electron chi connectivity index (χ1n) is 10.8. The molecule has 0 saturated carbocycles. The molecule has 6 nitrogen and oxygen atoms in total. The van der Waals surface area contributed by atoms with Crippen LogP contribution in [0.15, 0.2) is 54.6 Å². The predicted molar refractivity (Wildman–Crippen MR) is 115 cm³/mol. The SMILES string of the molecule is O=C1CC(c2nc3ccccc3n2CCOc2ccccc2)CN1CC1CCCO1. The van der Waals surface area contributed by atoms with Gasteiger partial charge in [0.1, 0.15) is 18.2 Å².